The molecule has 2 N–H and O–H groups in total. The molecule has 39 heavy (non-hydrogen) atoms. The summed E-state index contributed by atoms with van der Waals surface area (Å²) in [5, 5.41) is 0. The number of piperidine rings is 2. The third-order valence-electron chi connectivity index (χ3n) is 12.0. The van der Waals surface area contributed by atoms with E-state index in [1.165, 1.54) is 0 Å². The maximum atomic E-state index is 14.0. The molecule has 7 fully saturated rings. The molecule has 3 unspecified atom stereocenters. The van der Waals surface area contributed by atoms with Crippen LogP contribution in [0.15, 0.2) is 35.9 Å². The van der Waals surface area contributed by atoms with Gasteiger partial charge in [0, 0.05) is 59.9 Å². The summed E-state index contributed by atoms with van der Waals surface area (Å²) >= 11 is 0. The molecule has 2 aliphatic heterocycles. The Hall–Kier alpha value is -3.68. The zero-order valence-corrected chi connectivity index (χ0v) is 21.9. The van der Waals surface area contributed by atoms with E-state index in [9.17, 15) is 19.2 Å². The molecule has 196 valence electrons. The van der Waals surface area contributed by atoms with E-state index in [0.29, 0.717) is 55.6 Å². The Bertz CT molecular complexity index is 1610. The molecule has 0 radical (unpaired) electrons. The lowest BCUT2D eigenvalue weighted by molar-refractivity contribution is -0.219. The Labute approximate surface area is 224 Å². The number of allylic oxidation sites excluding steroid dienone is 4. The number of amides is 2. The molecule has 9 aliphatic rings. The second-order valence-electron chi connectivity index (χ2n) is 13.9. The zero-order valence-electron chi connectivity index (χ0n) is 21.9. The molecule has 4 atom stereocenters. The molecule has 11 rings (SSSR count). The average Bonchev–Trinajstić information content (AvgIpc) is 3.45. The standard InChI is InChI=1S/C31H28N4O4/c1-14-7-32-24-18(36)3-20-30(22(14)24)5-16(30)9-34(20)26(38)28-11-29(12-28,13-28)27(39)35-10-17-6-31(17)21(35)4-19(37)25-23(31)15(2)8-33-25/h3-4,7-8,16-17,32-33H,5-6,9-13H2,1-2H3/t16-,17?,28?,29?,30?,31?/m1/s1. The molecule has 8 heteroatoms. The maximum absolute atomic E-state index is 14.0. The third kappa shape index (κ3) is 1.99. The van der Waals surface area contributed by atoms with E-state index in [0.717, 1.165) is 46.5 Å². The Morgan fingerprint density at radius 3 is 1.56 bits per heavy atom. The van der Waals surface area contributed by atoms with Gasteiger partial charge in [-0.05, 0) is 80.0 Å². The molecule has 2 aromatic heterocycles. The molecule has 7 aliphatic carbocycles. The minimum atomic E-state index is -0.494. The van der Waals surface area contributed by atoms with Gasteiger partial charge in [0.25, 0.3) is 0 Å². The zero-order chi connectivity index (χ0) is 26.4. The SMILES string of the molecule is Cc1c[nH]c2c1C13CC1CN(C(=O)C14CC(C(=O)N5C[C@H]6CC67C5=CC(=O)c5[nH]cc(C)c57)(C1)C4)C3=CC2=O. The number of carbonyl (C=O) groups is 4. The Kier molecular flexibility index (Phi) is 3.13. The molecule has 0 aromatic carbocycles. The molecule has 2 amide bonds. The first-order valence-electron chi connectivity index (χ1n) is 14.2. The van der Waals surface area contributed by atoms with Crippen molar-refractivity contribution in [3.63, 3.8) is 0 Å². The number of nitrogens with zero attached hydrogens (tertiary/aromatic N) is 2. The lowest BCUT2D eigenvalue weighted by Gasteiger charge is -2.69. The molecule has 8 nitrogen and oxygen atoms in total. The van der Waals surface area contributed by atoms with E-state index < -0.39 is 10.8 Å². The monoisotopic (exact) mass is 520 g/mol. The van der Waals surface area contributed by atoms with E-state index in [4.69, 9.17) is 0 Å². The molecule has 2 spiro atoms. The first-order valence-corrected chi connectivity index (χ1v) is 14.2. The smallest absolute Gasteiger partial charge is 0.233 e. The summed E-state index contributed by atoms with van der Waals surface area (Å²) < 4.78 is 0. The van der Waals surface area contributed by atoms with E-state index >= 15 is 0 Å². The Balaban J connectivity index is 0.917. The molecular formula is C31H28N4O4. The van der Waals surface area contributed by atoms with Crippen molar-refractivity contribution in [2.75, 3.05) is 13.1 Å². The molecule has 2 bridgehead atoms. The third-order valence-corrected chi connectivity index (χ3v) is 12.0. The van der Waals surface area contributed by atoms with Gasteiger partial charge in [-0.25, -0.2) is 0 Å². The largest absolute Gasteiger partial charge is 0.358 e. The number of aromatic amines is 2. The number of fused-ring (bicyclic) bond motifs is 2. The summed E-state index contributed by atoms with van der Waals surface area (Å²) in [6, 6.07) is 0. The first kappa shape index (κ1) is 21.2. The molecule has 2 saturated heterocycles. The number of hydrogen-bond acceptors (Lipinski definition) is 4. The van der Waals surface area contributed by atoms with Crippen LogP contribution in [0.5, 0.6) is 0 Å². The summed E-state index contributed by atoms with van der Waals surface area (Å²) in [7, 11) is 0. The normalized spacial score (nSPS) is 40.8. The van der Waals surface area contributed by atoms with Gasteiger partial charge in [-0.15, -0.1) is 0 Å². The van der Waals surface area contributed by atoms with Crippen LogP contribution < -0.4 is 0 Å². The number of hydrogen-bond donors (Lipinski definition) is 2. The Morgan fingerprint density at radius 2 is 1.15 bits per heavy atom. The van der Waals surface area contributed by atoms with E-state index in [2.05, 4.69) is 9.97 Å². The van der Waals surface area contributed by atoms with Crippen molar-refractivity contribution in [1.29, 1.82) is 0 Å². The minimum absolute atomic E-state index is 0.0500. The van der Waals surface area contributed by atoms with Gasteiger partial charge in [-0.2, -0.15) is 0 Å². The van der Waals surface area contributed by atoms with Crippen molar-refractivity contribution >= 4 is 23.4 Å². The van der Waals surface area contributed by atoms with Crippen LogP contribution in [0.3, 0.4) is 0 Å². The number of aryl methyl sites for hydroxylation is 2. The lowest BCUT2D eigenvalue weighted by atomic mass is 9.34. The molecule has 2 aromatic rings. The fourth-order valence-corrected chi connectivity index (χ4v) is 10.3. The first-order chi connectivity index (χ1) is 18.7. The Morgan fingerprint density at radius 1 is 0.744 bits per heavy atom. The van der Waals surface area contributed by atoms with Gasteiger partial charge in [-0.3, -0.25) is 19.2 Å². The van der Waals surface area contributed by atoms with Gasteiger partial charge in [0.05, 0.1) is 22.2 Å². The van der Waals surface area contributed by atoms with E-state index in [-0.39, 0.29) is 34.2 Å². The number of rotatable bonds is 2. The highest BCUT2D eigenvalue weighted by atomic mass is 16.2. The molecule has 4 heterocycles. The predicted molar refractivity (Wildman–Crippen MR) is 138 cm³/mol. The lowest BCUT2D eigenvalue weighted by Crippen LogP contribution is -2.72. The molecule has 5 saturated carbocycles. The predicted octanol–water partition coefficient (Wildman–Crippen LogP) is 3.19. The topological polar surface area (TPSA) is 106 Å². The number of nitrogens with one attached hydrogen (secondary N) is 2. The summed E-state index contributed by atoms with van der Waals surface area (Å²) in [6.45, 7) is 5.40. The summed E-state index contributed by atoms with van der Waals surface area (Å²) in [4.78, 5) is 63.9. The van der Waals surface area contributed by atoms with Gasteiger partial charge >= 0.3 is 0 Å². The van der Waals surface area contributed by atoms with Crippen molar-refractivity contribution in [3.8, 4) is 0 Å². The quantitative estimate of drug-likeness (QED) is 0.634. The second-order valence-corrected chi connectivity index (χ2v) is 13.9. The van der Waals surface area contributed by atoms with Gasteiger partial charge in [0.15, 0.2) is 0 Å². The highest BCUT2D eigenvalue weighted by Gasteiger charge is 2.79. The van der Waals surface area contributed by atoms with Crippen LogP contribution in [0, 0.1) is 36.5 Å². The summed E-state index contributed by atoms with van der Waals surface area (Å²) in [5.74, 6) is 0.820. The van der Waals surface area contributed by atoms with Crippen molar-refractivity contribution < 1.29 is 19.2 Å². The van der Waals surface area contributed by atoms with Crippen LogP contribution in [0.25, 0.3) is 0 Å². The fourth-order valence-electron chi connectivity index (χ4n) is 10.3. The molecular weight excluding hydrogens is 492 g/mol. The van der Waals surface area contributed by atoms with Crippen LogP contribution in [-0.4, -0.2) is 56.2 Å². The van der Waals surface area contributed by atoms with Crippen LogP contribution in [0.4, 0.5) is 0 Å². The van der Waals surface area contributed by atoms with E-state index in [1.54, 1.807) is 12.2 Å². The van der Waals surface area contributed by atoms with Crippen molar-refractivity contribution in [2.45, 2.75) is 56.8 Å². The van der Waals surface area contributed by atoms with E-state index in [1.807, 2.05) is 36.0 Å². The number of likely N-dealkylation sites (tertiary alicyclic amines) is 2. The van der Waals surface area contributed by atoms with Gasteiger partial charge in [0.2, 0.25) is 23.4 Å². The minimum Gasteiger partial charge on any atom is -0.358 e. The van der Waals surface area contributed by atoms with Gasteiger partial charge in [0.1, 0.15) is 0 Å². The highest BCUT2D eigenvalue weighted by molar-refractivity contribution is 6.10. The van der Waals surface area contributed by atoms with Crippen LogP contribution >= 0.6 is 0 Å². The maximum Gasteiger partial charge on any atom is 0.233 e. The number of carbonyl (C=O) groups excluding carboxylic acids is 4. The van der Waals surface area contributed by atoms with Crippen LogP contribution in [0.2, 0.25) is 0 Å². The average molecular weight is 521 g/mol. The van der Waals surface area contributed by atoms with Crippen LogP contribution in [-0.2, 0) is 20.4 Å². The summed E-state index contributed by atoms with van der Waals surface area (Å²) in [6.07, 6.45) is 10.9. The number of H-pyrrole nitrogens is 2. The van der Waals surface area contributed by atoms with Crippen molar-refractivity contribution in [2.24, 2.45) is 22.7 Å². The second kappa shape index (κ2) is 5.76. The number of ketones is 2. The highest BCUT2D eigenvalue weighted by Crippen LogP contribution is 2.77. The fraction of sp³-hybridized carbons (Fsp3) is 0.484. The number of aromatic nitrogens is 2. The van der Waals surface area contributed by atoms with Crippen LogP contribution in [0.1, 0.15) is 75.3 Å². The van der Waals surface area contributed by atoms with Crippen molar-refractivity contribution in [3.05, 3.63) is 69.6 Å². The van der Waals surface area contributed by atoms with Gasteiger partial charge in [-0.1, -0.05) is 0 Å². The van der Waals surface area contributed by atoms with Gasteiger partial charge < -0.3 is 19.8 Å². The summed E-state index contributed by atoms with van der Waals surface area (Å²) in [5.41, 5.74) is 6.12. The van der Waals surface area contributed by atoms with Crippen molar-refractivity contribution in [1.82, 2.24) is 19.8 Å².